The number of amides is 1. The number of carbonyl (C=O) groups excluding carboxylic acids is 1. The Morgan fingerprint density at radius 1 is 1.20 bits per heavy atom. The average molecular weight is 334 g/mol. The monoisotopic (exact) mass is 333 g/mol. The zero-order chi connectivity index (χ0) is 14.0. The lowest BCUT2D eigenvalue weighted by atomic mass is 10.00. The second-order valence-electron chi connectivity index (χ2n) is 5.34. The maximum atomic E-state index is 12.4. The number of halogens is 1. The van der Waals surface area contributed by atoms with Gasteiger partial charge in [-0.15, -0.1) is 0 Å². The van der Waals surface area contributed by atoms with Crippen LogP contribution in [-0.4, -0.2) is 26.7 Å². The minimum atomic E-state index is -0.0889. The van der Waals surface area contributed by atoms with Crippen LogP contribution in [0.1, 0.15) is 36.0 Å². The molecular formula is C15H16BrN3O. The van der Waals surface area contributed by atoms with Crippen LogP contribution in [0.5, 0.6) is 0 Å². The summed E-state index contributed by atoms with van der Waals surface area (Å²) in [6.07, 6.45) is 7.72. The number of benzene rings is 1. The third kappa shape index (κ3) is 2.54. The second kappa shape index (κ2) is 5.48. The molecule has 1 aromatic heterocycles. The lowest BCUT2D eigenvalue weighted by Crippen LogP contribution is -2.47. The van der Waals surface area contributed by atoms with E-state index in [2.05, 4.69) is 31.2 Å². The SMILES string of the molecule is O=C(NC1(CBr)CCCC1)c1ccc2nccnc2c1. The zero-order valence-corrected chi connectivity index (χ0v) is 12.7. The molecule has 1 heterocycles. The highest BCUT2D eigenvalue weighted by Gasteiger charge is 2.34. The first kappa shape index (κ1) is 13.5. The molecule has 3 rings (SSSR count). The van der Waals surface area contributed by atoms with Crippen LogP contribution in [-0.2, 0) is 0 Å². The van der Waals surface area contributed by atoms with Crippen LogP contribution in [0.4, 0.5) is 0 Å². The summed E-state index contributed by atoms with van der Waals surface area (Å²) in [5.74, 6) is -0.0288. The van der Waals surface area contributed by atoms with Crippen LogP contribution < -0.4 is 5.32 Å². The van der Waals surface area contributed by atoms with Gasteiger partial charge < -0.3 is 5.32 Å². The first-order valence-corrected chi connectivity index (χ1v) is 7.94. The highest BCUT2D eigenvalue weighted by atomic mass is 79.9. The standard InChI is InChI=1S/C15H16BrN3O/c16-10-15(5-1-2-6-15)19-14(20)11-3-4-12-13(9-11)18-8-7-17-12/h3-4,7-9H,1-2,5-6,10H2,(H,19,20). The van der Waals surface area contributed by atoms with E-state index in [1.807, 2.05) is 12.1 Å². The fraction of sp³-hybridized carbons (Fsp3) is 0.400. The summed E-state index contributed by atoms with van der Waals surface area (Å²) < 4.78 is 0. The molecule has 0 radical (unpaired) electrons. The van der Waals surface area contributed by atoms with Gasteiger partial charge >= 0.3 is 0 Å². The van der Waals surface area contributed by atoms with Gasteiger partial charge in [0.1, 0.15) is 0 Å². The fourth-order valence-electron chi connectivity index (χ4n) is 2.76. The number of carbonyl (C=O) groups is 1. The van der Waals surface area contributed by atoms with Crippen molar-refractivity contribution in [3.8, 4) is 0 Å². The maximum absolute atomic E-state index is 12.4. The lowest BCUT2D eigenvalue weighted by molar-refractivity contribution is 0.0910. The third-order valence-corrected chi connectivity index (χ3v) is 5.00. The van der Waals surface area contributed by atoms with Crippen molar-refractivity contribution in [3.63, 3.8) is 0 Å². The van der Waals surface area contributed by atoms with Crippen molar-refractivity contribution >= 4 is 32.9 Å². The number of fused-ring (bicyclic) bond motifs is 1. The molecule has 20 heavy (non-hydrogen) atoms. The van der Waals surface area contributed by atoms with Gasteiger partial charge in [0.25, 0.3) is 5.91 Å². The average Bonchev–Trinajstić information content (AvgIpc) is 2.96. The van der Waals surface area contributed by atoms with Gasteiger partial charge in [-0.05, 0) is 31.0 Å². The van der Waals surface area contributed by atoms with Crippen LogP contribution in [0.25, 0.3) is 11.0 Å². The minimum Gasteiger partial charge on any atom is -0.346 e. The molecule has 4 nitrogen and oxygen atoms in total. The van der Waals surface area contributed by atoms with Gasteiger partial charge in [-0.25, -0.2) is 0 Å². The molecule has 1 amide bonds. The van der Waals surface area contributed by atoms with E-state index in [4.69, 9.17) is 0 Å². The van der Waals surface area contributed by atoms with Crippen LogP contribution in [0.15, 0.2) is 30.6 Å². The molecular weight excluding hydrogens is 318 g/mol. The summed E-state index contributed by atoms with van der Waals surface area (Å²) in [6, 6.07) is 5.45. The number of hydrogen-bond acceptors (Lipinski definition) is 3. The highest BCUT2D eigenvalue weighted by molar-refractivity contribution is 9.09. The quantitative estimate of drug-likeness (QED) is 0.878. The van der Waals surface area contributed by atoms with Gasteiger partial charge in [0, 0.05) is 23.3 Å². The molecule has 0 aliphatic heterocycles. The van der Waals surface area contributed by atoms with Gasteiger partial charge in [0.05, 0.1) is 16.6 Å². The Bertz CT molecular complexity index is 638. The van der Waals surface area contributed by atoms with Crippen molar-refractivity contribution in [2.45, 2.75) is 31.2 Å². The Labute approximate surface area is 126 Å². The van der Waals surface area contributed by atoms with Crippen molar-refractivity contribution in [2.24, 2.45) is 0 Å². The molecule has 2 aromatic rings. The van der Waals surface area contributed by atoms with Gasteiger partial charge in [0.2, 0.25) is 0 Å². The molecule has 0 saturated heterocycles. The number of nitrogens with one attached hydrogen (secondary N) is 1. The topological polar surface area (TPSA) is 54.9 Å². The first-order chi connectivity index (χ1) is 9.72. The Kier molecular flexibility index (Phi) is 3.70. The summed E-state index contributed by atoms with van der Waals surface area (Å²) in [6.45, 7) is 0. The number of aromatic nitrogens is 2. The summed E-state index contributed by atoms with van der Waals surface area (Å²) in [7, 11) is 0. The van der Waals surface area contributed by atoms with E-state index < -0.39 is 0 Å². The second-order valence-corrected chi connectivity index (χ2v) is 5.90. The third-order valence-electron chi connectivity index (χ3n) is 3.93. The molecule has 104 valence electrons. The lowest BCUT2D eigenvalue weighted by Gasteiger charge is -2.28. The smallest absolute Gasteiger partial charge is 0.251 e. The Balaban J connectivity index is 1.85. The minimum absolute atomic E-state index is 0.0288. The normalized spacial score (nSPS) is 17.2. The number of rotatable bonds is 3. The molecule has 0 unspecified atom stereocenters. The van der Waals surface area contributed by atoms with E-state index >= 15 is 0 Å². The van der Waals surface area contributed by atoms with Gasteiger partial charge in [-0.3, -0.25) is 14.8 Å². The van der Waals surface area contributed by atoms with Crippen molar-refractivity contribution in [1.29, 1.82) is 0 Å². The van der Waals surface area contributed by atoms with Gasteiger partial charge in [-0.2, -0.15) is 0 Å². The van der Waals surface area contributed by atoms with Crippen LogP contribution in [0.2, 0.25) is 0 Å². The van der Waals surface area contributed by atoms with Gasteiger partial charge in [-0.1, -0.05) is 28.8 Å². The largest absolute Gasteiger partial charge is 0.346 e. The van der Waals surface area contributed by atoms with E-state index in [0.29, 0.717) is 5.56 Å². The molecule has 1 N–H and O–H groups in total. The molecule has 1 saturated carbocycles. The van der Waals surface area contributed by atoms with E-state index in [-0.39, 0.29) is 11.4 Å². The van der Waals surface area contributed by atoms with Gasteiger partial charge in [0.15, 0.2) is 0 Å². The molecule has 0 bridgehead atoms. The molecule has 1 aromatic carbocycles. The number of nitrogens with zero attached hydrogens (tertiary/aromatic N) is 2. The van der Waals surface area contributed by atoms with Crippen molar-refractivity contribution in [1.82, 2.24) is 15.3 Å². The number of alkyl halides is 1. The Morgan fingerprint density at radius 3 is 2.60 bits per heavy atom. The Hall–Kier alpha value is -1.49. The van der Waals surface area contributed by atoms with Crippen LogP contribution in [0, 0.1) is 0 Å². The van der Waals surface area contributed by atoms with E-state index in [1.165, 1.54) is 12.8 Å². The highest BCUT2D eigenvalue weighted by Crippen LogP contribution is 2.31. The van der Waals surface area contributed by atoms with Crippen molar-refractivity contribution in [2.75, 3.05) is 5.33 Å². The zero-order valence-electron chi connectivity index (χ0n) is 11.1. The molecule has 1 aliphatic rings. The molecule has 1 fully saturated rings. The predicted molar refractivity (Wildman–Crippen MR) is 82.0 cm³/mol. The van der Waals surface area contributed by atoms with E-state index in [1.54, 1.807) is 18.5 Å². The van der Waals surface area contributed by atoms with E-state index in [9.17, 15) is 4.79 Å². The number of hydrogen-bond donors (Lipinski definition) is 1. The van der Waals surface area contributed by atoms with Crippen LogP contribution in [0.3, 0.4) is 0 Å². The molecule has 1 aliphatic carbocycles. The summed E-state index contributed by atoms with van der Waals surface area (Å²) in [4.78, 5) is 20.9. The Morgan fingerprint density at radius 2 is 1.90 bits per heavy atom. The maximum Gasteiger partial charge on any atom is 0.251 e. The summed E-state index contributed by atoms with van der Waals surface area (Å²) >= 11 is 3.54. The summed E-state index contributed by atoms with van der Waals surface area (Å²) in [5, 5.41) is 3.99. The molecule has 0 atom stereocenters. The fourth-order valence-corrected chi connectivity index (χ4v) is 3.46. The first-order valence-electron chi connectivity index (χ1n) is 6.82. The van der Waals surface area contributed by atoms with Crippen LogP contribution >= 0.6 is 15.9 Å². The van der Waals surface area contributed by atoms with Crippen molar-refractivity contribution in [3.05, 3.63) is 36.2 Å². The van der Waals surface area contributed by atoms with E-state index in [0.717, 1.165) is 29.2 Å². The summed E-state index contributed by atoms with van der Waals surface area (Å²) in [5.41, 5.74) is 2.11. The van der Waals surface area contributed by atoms with Crippen molar-refractivity contribution < 1.29 is 4.79 Å². The predicted octanol–water partition coefficient (Wildman–Crippen LogP) is 3.07. The molecule has 0 spiro atoms. The molecule has 5 heteroatoms.